The topological polar surface area (TPSA) is 42.0 Å². The second-order valence-corrected chi connectivity index (χ2v) is 3.22. The zero-order valence-electron chi connectivity index (χ0n) is 9.93. The molecule has 0 fully saturated rings. The lowest BCUT2D eigenvalue weighted by Crippen LogP contribution is -2.41. The predicted octanol–water partition coefficient (Wildman–Crippen LogP) is 1.74. The van der Waals surface area contributed by atoms with Crippen LogP contribution in [0.5, 0.6) is 5.75 Å². The highest BCUT2D eigenvalue weighted by Crippen LogP contribution is 2.19. The molecule has 0 heterocycles. The molecule has 0 aromatic heterocycles. The molecule has 0 saturated carbocycles. The van der Waals surface area contributed by atoms with E-state index in [4.69, 9.17) is 4.74 Å². The molecule has 0 atom stereocenters. The summed E-state index contributed by atoms with van der Waals surface area (Å²) in [4.78, 5) is 11.3. The molecule has 0 aliphatic carbocycles. The molecule has 16 heavy (non-hydrogen) atoms. The van der Waals surface area contributed by atoms with Gasteiger partial charge in [-0.1, -0.05) is 0 Å². The molecule has 0 aliphatic heterocycles. The average Bonchev–Trinajstić information content (AvgIpc) is 2.36. The van der Waals surface area contributed by atoms with E-state index in [1.54, 1.807) is 26.2 Å². The summed E-state index contributed by atoms with van der Waals surface area (Å²) in [5.74, 6) is 0.776. The molecule has 0 saturated heterocycles. The van der Waals surface area contributed by atoms with Crippen molar-refractivity contribution in [2.45, 2.75) is 0 Å². The van der Waals surface area contributed by atoms with Crippen molar-refractivity contribution >= 4 is 11.8 Å². The number of nitrogens with zero attached hydrogens (tertiary/aromatic N) is 2. The summed E-state index contributed by atoms with van der Waals surface area (Å²) in [6.07, 6.45) is -0.418. The second kappa shape index (κ2) is 5.25. The van der Waals surface area contributed by atoms with Crippen molar-refractivity contribution in [1.29, 1.82) is 0 Å². The average molecular weight is 224 g/mol. The number of hydrogen-bond acceptors (Lipinski definition) is 4. The molecule has 0 unspecified atom stereocenters. The Labute approximate surface area is 95.1 Å². The third kappa shape index (κ3) is 2.56. The molecule has 1 aromatic carbocycles. The number of benzene rings is 1. The summed E-state index contributed by atoms with van der Waals surface area (Å²) in [6.45, 7) is 0. The SMILES string of the molecule is COC(=O)N(C)N(C)c1ccc(OC)cc1. The molecule has 1 aromatic rings. The van der Waals surface area contributed by atoms with Gasteiger partial charge in [0.1, 0.15) is 5.75 Å². The maximum absolute atomic E-state index is 11.3. The van der Waals surface area contributed by atoms with Gasteiger partial charge in [0.2, 0.25) is 0 Å². The first kappa shape index (κ1) is 12.2. The van der Waals surface area contributed by atoms with Crippen LogP contribution in [0.4, 0.5) is 10.5 Å². The van der Waals surface area contributed by atoms with Gasteiger partial charge in [-0.05, 0) is 24.3 Å². The summed E-state index contributed by atoms with van der Waals surface area (Å²) in [7, 11) is 6.37. The Morgan fingerprint density at radius 1 is 1.12 bits per heavy atom. The molecule has 5 nitrogen and oxygen atoms in total. The molecule has 0 N–H and O–H groups in total. The van der Waals surface area contributed by atoms with Crippen molar-refractivity contribution in [2.75, 3.05) is 33.3 Å². The monoisotopic (exact) mass is 224 g/mol. The maximum atomic E-state index is 11.3. The Hall–Kier alpha value is -1.91. The van der Waals surface area contributed by atoms with E-state index >= 15 is 0 Å². The number of hydrogen-bond donors (Lipinski definition) is 0. The van der Waals surface area contributed by atoms with Crippen molar-refractivity contribution in [2.24, 2.45) is 0 Å². The molecule has 88 valence electrons. The van der Waals surface area contributed by atoms with E-state index in [-0.39, 0.29) is 0 Å². The van der Waals surface area contributed by atoms with Crippen LogP contribution in [0, 0.1) is 0 Å². The van der Waals surface area contributed by atoms with Crippen LogP contribution in [0.2, 0.25) is 0 Å². The summed E-state index contributed by atoms with van der Waals surface area (Å²) < 4.78 is 9.67. The Morgan fingerprint density at radius 2 is 1.69 bits per heavy atom. The molecular weight excluding hydrogens is 208 g/mol. The third-order valence-electron chi connectivity index (χ3n) is 2.33. The van der Waals surface area contributed by atoms with Crippen LogP contribution in [-0.2, 0) is 4.74 Å². The van der Waals surface area contributed by atoms with Gasteiger partial charge < -0.3 is 9.47 Å². The van der Waals surface area contributed by atoms with E-state index in [2.05, 4.69) is 4.74 Å². The summed E-state index contributed by atoms with van der Waals surface area (Å²) in [6, 6.07) is 7.38. The van der Waals surface area contributed by atoms with Gasteiger partial charge in [0.15, 0.2) is 0 Å². The Bertz CT molecular complexity index is 351. The number of carbonyl (C=O) groups is 1. The van der Waals surface area contributed by atoms with Crippen molar-refractivity contribution in [3.63, 3.8) is 0 Å². The lowest BCUT2D eigenvalue weighted by Gasteiger charge is -2.28. The van der Waals surface area contributed by atoms with E-state index in [0.717, 1.165) is 11.4 Å². The minimum atomic E-state index is -0.418. The van der Waals surface area contributed by atoms with E-state index < -0.39 is 6.09 Å². The van der Waals surface area contributed by atoms with Crippen LogP contribution in [0.25, 0.3) is 0 Å². The fraction of sp³-hybridized carbons (Fsp3) is 0.364. The zero-order valence-corrected chi connectivity index (χ0v) is 9.93. The first-order valence-corrected chi connectivity index (χ1v) is 4.79. The van der Waals surface area contributed by atoms with Gasteiger partial charge in [-0.15, -0.1) is 0 Å². The molecule has 1 amide bonds. The molecule has 0 spiro atoms. The minimum absolute atomic E-state index is 0.418. The molecule has 0 radical (unpaired) electrons. The lowest BCUT2D eigenvalue weighted by molar-refractivity contribution is 0.131. The van der Waals surface area contributed by atoms with Crippen LogP contribution in [0.3, 0.4) is 0 Å². The Kier molecular flexibility index (Phi) is 3.99. The molecule has 5 heteroatoms. The number of anilines is 1. The van der Waals surface area contributed by atoms with Crippen molar-refractivity contribution < 1.29 is 14.3 Å². The van der Waals surface area contributed by atoms with Crippen LogP contribution >= 0.6 is 0 Å². The van der Waals surface area contributed by atoms with Crippen molar-refractivity contribution in [1.82, 2.24) is 5.01 Å². The quantitative estimate of drug-likeness (QED) is 0.733. The standard InChI is InChI=1S/C11H16N2O3/c1-12(13(2)11(14)16-4)9-5-7-10(15-3)8-6-9/h5-8H,1-4H3. The predicted molar refractivity (Wildman–Crippen MR) is 61.6 cm³/mol. The number of carbonyl (C=O) groups excluding carboxylic acids is 1. The van der Waals surface area contributed by atoms with Gasteiger partial charge in [-0.2, -0.15) is 0 Å². The highest BCUT2D eigenvalue weighted by atomic mass is 16.5. The number of methoxy groups -OCH3 is 2. The van der Waals surface area contributed by atoms with Crippen LogP contribution in [0.15, 0.2) is 24.3 Å². The molecular formula is C11H16N2O3. The van der Waals surface area contributed by atoms with E-state index in [1.165, 1.54) is 12.1 Å². The first-order chi connectivity index (χ1) is 7.60. The van der Waals surface area contributed by atoms with Gasteiger partial charge in [0.25, 0.3) is 0 Å². The highest BCUT2D eigenvalue weighted by Gasteiger charge is 2.13. The summed E-state index contributed by atoms with van der Waals surface area (Å²) >= 11 is 0. The summed E-state index contributed by atoms with van der Waals surface area (Å²) in [5, 5.41) is 3.06. The van der Waals surface area contributed by atoms with Crippen molar-refractivity contribution in [3.05, 3.63) is 24.3 Å². The smallest absolute Gasteiger partial charge is 0.428 e. The summed E-state index contributed by atoms with van der Waals surface area (Å²) in [5.41, 5.74) is 0.869. The number of ether oxygens (including phenoxy) is 2. The minimum Gasteiger partial charge on any atom is -0.497 e. The fourth-order valence-corrected chi connectivity index (χ4v) is 1.23. The van der Waals surface area contributed by atoms with Gasteiger partial charge in [-0.3, -0.25) is 5.01 Å². The fourth-order valence-electron chi connectivity index (χ4n) is 1.23. The van der Waals surface area contributed by atoms with E-state index in [9.17, 15) is 4.79 Å². The maximum Gasteiger partial charge on any atom is 0.428 e. The van der Waals surface area contributed by atoms with E-state index in [1.807, 2.05) is 24.3 Å². The van der Waals surface area contributed by atoms with Crippen LogP contribution in [0.1, 0.15) is 0 Å². The van der Waals surface area contributed by atoms with E-state index in [0.29, 0.717) is 0 Å². The number of amides is 1. The van der Waals surface area contributed by atoms with Gasteiger partial charge in [-0.25, -0.2) is 9.80 Å². The van der Waals surface area contributed by atoms with Gasteiger partial charge in [0.05, 0.1) is 19.9 Å². The van der Waals surface area contributed by atoms with Crippen molar-refractivity contribution in [3.8, 4) is 5.75 Å². The van der Waals surface area contributed by atoms with Gasteiger partial charge in [0, 0.05) is 14.1 Å². The number of hydrazine groups is 1. The van der Waals surface area contributed by atoms with Crippen LogP contribution in [-0.4, -0.2) is 39.4 Å². The molecule has 0 aliphatic rings. The van der Waals surface area contributed by atoms with Gasteiger partial charge >= 0.3 is 6.09 Å². The zero-order chi connectivity index (χ0) is 12.1. The third-order valence-corrected chi connectivity index (χ3v) is 2.33. The largest absolute Gasteiger partial charge is 0.497 e. The normalized spacial score (nSPS) is 9.50. The Morgan fingerprint density at radius 3 is 2.12 bits per heavy atom. The first-order valence-electron chi connectivity index (χ1n) is 4.79. The second-order valence-electron chi connectivity index (χ2n) is 3.22. The number of rotatable bonds is 3. The van der Waals surface area contributed by atoms with Crippen LogP contribution < -0.4 is 9.75 Å². The molecule has 1 rings (SSSR count). The molecule has 0 bridgehead atoms. The lowest BCUT2D eigenvalue weighted by atomic mass is 10.3. The Balaban J connectivity index is 2.79. The highest BCUT2D eigenvalue weighted by molar-refractivity contribution is 5.69.